The van der Waals surface area contributed by atoms with Gasteiger partial charge in [0.15, 0.2) is 0 Å². The minimum atomic E-state index is 0.431. The molecule has 1 aromatic carbocycles. The molecule has 1 N–H and O–H groups in total. The van der Waals surface area contributed by atoms with Crippen molar-refractivity contribution in [1.29, 1.82) is 0 Å². The Kier molecular flexibility index (Phi) is 4.58. The van der Waals surface area contributed by atoms with Gasteiger partial charge in [-0.15, -0.1) is 0 Å². The van der Waals surface area contributed by atoms with Crippen LogP contribution < -0.4 is 4.72 Å². The van der Waals surface area contributed by atoms with E-state index in [4.69, 9.17) is 11.6 Å². The van der Waals surface area contributed by atoms with Gasteiger partial charge in [-0.25, -0.2) is 9.97 Å². The Morgan fingerprint density at radius 1 is 1.10 bits per heavy atom. The van der Waals surface area contributed by atoms with Crippen molar-refractivity contribution < 1.29 is 0 Å². The standard InChI is InChI=1S/C16H14ClN3S/c17-15-11-14(12-7-3-1-4-8-12)18-16(19-15)20-21-13-9-5-2-6-10-13/h1,3-5,7-11H,2,6H2,(H,18,19,20). The number of anilines is 1. The number of nitrogens with zero attached hydrogens (tertiary/aromatic N) is 2. The molecule has 1 aliphatic carbocycles. The molecule has 5 heteroatoms. The second-order valence-corrected chi connectivity index (χ2v) is 5.82. The maximum absolute atomic E-state index is 6.09. The Morgan fingerprint density at radius 3 is 2.71 bits per heavy atom. The van der Waals surface area contributed by atoms with Crippen LogP contribution in [0.2, 0.25) is 5.15 Å². The van der Waals surface area contributed by atoms with Crippen LogP contribution in [0.3, 0.4) is 0 Å². The Morgan fingerprint density at radius 2 is 1.95 bits per heavy atom. The molecule has 0 bridgehead atoms. The number of halogens is 1. The molecule has 1 aromatic heterocycles. The fraction of sp³-hybridized carbons (Fsp3) is 0.125. The average Bonchev–Trinajstić information content (AvgIpc) is 2.54. The molecule has 0 spiro atoms. The molecule has 0 fully saturated rings. The summed E-state index contributed by atoms with van der Waals surface area (Å²) in [7, 11) is 0. The lowest BCUT2D eigenvalue weighted by atomic mass is 10.1. The molecule has 0 saturated heterocycles. The van der Waals surface area contributed by atoms with E-state index in [1.54, 1.807) is 6.07 Å². The lowest BCUT2D eigenvalue weighted by Gasteiger charge is -2.09. The van der Waals surface area contributed by atoms with Gasteiger partial charge in [0.2, 0.25) is 5.95 Å². The van der Waals surface area contributed by atoms with Crippen LogP contribution in [0.1, 0.15) is 12.8 Å². The zero-order valence-corrected chi connectivity index (χ0v) is 12.9. The number of aromatic nitrogens is 2. The fourth-order valence-electron chi connectivity index (χ4n) is 1.99. The molecule has 1 heterocycles. The van der Waals surface area contributed by atoms with Crippen LogP contribution in [0.25, 0.3) is 11.3 Å². The van der Waals surface area contributed by atoms with Crippen LogP contribution in [0.15, 0.2) is 59.5 Å². The molecule has 2 aromatic rings. The number of benzene rings is 1. The largest absolute Gasteiger partial charge is 0.294 e. The third-order valence-corrected chi connectivity index (χ3v) is 4.00. The molecular weight excluding hydrogens is 302 g/mol. The average molecular weight is 316 g/mol. The third-order valence-electron chi connectivity index (χ3n) is 2.99. The SMILES string of the molecule is Clc1cc(-c2ccccc2)nc(NSC2=CCCC=C2)n1. The molecule has 1 aliphatic rings. The van der Waals surface area contributed by atoms with E-state index in [0.29, 0.717) is 11.1 Å². The molecule has 3 nitrogen and oxygen atoms in total. The van der Waals surface area contributed by atoms with Gasteiger partial charge < -0.3 is 0 Å². The van der Waals surface area contributed by atoms with Crippen LogP contribution in [0.5, 0.6) is 0 Å². The normalized spacial score (nSPS) is 13.9. The van der Waals surface area contributed by atoms with Gasteiger partial charge in [-0.2, -0.15) is 0 Å². The highest BCUT2D eigenvalue weighted by molar-refractivity contribution is 8.04. The van der Waals surface area contributed by atoms with Crippen molar-refractivity contribution >= 4 is 29.5 Å². The van der Waals surface area contributed by atoms with Gasteiger partial charge in [-0.1, -0.05) is 60.2 Å². The van der Waals surface area contributed by atoms with Gasteiger partial charge in [-0.05, 0) is 24.8 Å². The molecule has 0 saturated carbocycles. The highest BCUT2D eigenvalue weighted by Crippen LogP contribution is 2.25. The smallest absolute Gasteiger partial charge is 0.235 e. The van der Waals surface area contributed by atoms with Gasteiger partial charge in [0.05, 0.1) is 5.69 Å². The van der Waals surface area contributed by atoms with Crippen molar-refractivity contribution in [2.75, 3.05) is 4.72 Å². The molecule has 3 rings (SSSR count). The summed E-state index contributed by atoms with van der Waals surface area (Å²) in [4.78, 5) is 9.90. The Hall–Kier alpha value is -1.78. The van der Waals surface area contributed by atoms with Gasteiger partial charge in [0, 0.05) is 16.5 Å². The Labute approximate surface area is 133 Å². The quantitative estimate of drug-likeness (QED) is 0.630. The van der Waals surface area contributed by atoms with E-state index in [1.807, 2.05) is 30.3 Å². The minimum Gasteiger partial charge on any atom is -0.294 e. The zero-order chi connectivity index (χ0) is 14.5. The van der Waals surface area contributed by atoms with Crippen LogP contribution >= 0.6 is 23.5 Å². The highest BCUT2D eigenvalue weighted by Gasteiger charge is 2.06. The predicted molar refractivity (Wildman–Crippen MR) is 90.1 cm³/mol. The van der Waals surface area contributed by atoms with Crippen LogP contribution in [-0.4, -0.2) is 9.97 Å². The van der Waals surface area contributed by atoms with Crippen molar-refractivity contribution in [3.63, 3.8) is 0 Å². The Bertz CT molecular complexity index is 683. The first kappa shape index (κ1) is 14.2. The lowest BCUT2D eigenvalue weighted by Crippen LogP contribution is -1.97. The van der Waals surface area contributed by atoms with Crippen molar-refractivity contribution in [3.05, 3.63) is 64.7 Å². The van der Waals surface area contributed by atoms with Crippen LogP contribution in [0, 0.1) is 0 Å². The molecule has 21 heavy (non-hydrogen) atoms. The summed E-state index contributed by atoms with van der Waals surface area (Å²) in [5.74, 6) is 0.520. The number of hydrogen-bond acceptors (Lipinski definition) is 4. The summed E-state index contributed by atoms with van der Waals surface area (Å²) >= 11 is 7.60. The summed E-state index contributed by atoms with van der Waals surface area (Å²) in [6.07, 6.45) is 8.64. The molecule has 0 unspecified atom stereocenters. The first-order chi connectivity index (χ1) is 10.3. The zero-order valence-electron chi connectivity index (χ0n) is 11.3. The van der Waals surface area contributed by atoms with Crippen molar-refractivity contribution in [3.8, 4) is 11.3 Å². The van der Waals surface area contributed by atoms with Gasteiger partial charge in [0.25, 0.3) is 0 Å². The van der Waals surface area contributed by atoms with E-state index in [9.17, 15) is 0 Å². The number of rotatable bonds is 4. The molecule has 106 valence electrons. The van der Waals surface area contributed by atoms with Crippen molar-refractivity contribution in [2.24, 2.45) is 0 Å². The Balaban J connectivity index is 1.78. The van der Waals surface area contributed by atoms with Gasteiger partial charge in [-0.3, -0.25) is 4.72 Å². The molecule has 0 radical (unpaired) electrons. The van der Waals surface area contributed by atoms with E-state index in [2.05, 4.69) is 32.9 Å². The maximum atomic E-state index is 6.09. The molecular formula is C16H14ClN3S. The third kappa shape index (κ3) is 3.86. The lowest BCUT2D eigenvalue weighted by molar-refractivity contribution is 1.03. The van der Waals surface area contributed by atoms with E-state index in [1.165, 1.54) is 16.9 Å². The molecule has 0 aliphatic heterocycles. The summed E-state index contributed by atoms with van der Waals surface area (Å²) < 4.78 is 3.16. The fourth-order valence-corrected chi connectivity index (χ4v) is 2.84. The number of hydrogen-bond donors (Lipinski definition) is 1. The summed E-state index contributed by atoms with van der Waals surface area (Å²) in [6, 6.07) is 11.7. The van der Waals surface area contributed by atoms with E-state index in [-0.39, 0.29) is 0 Å². The van der Waals surface area contributed by atoms with Crippen molar-refractivity contribution in [1.82, 2.24) is 9.97 Å². The van der Waals surface area contributed by atoms with Gasteiger partial charge >= 0.3 is 0 Å². The second kappa shape index (κ2) is 6.78. The predicted octanol–water partition coefficient (Wildman–Crippen LogP) is 5.09. The van der Waals surface area contributed by atoms with Crippen molar-refractivity contribution in [2.45, 2.75) is 12.8 Å². The molecule has 0 atom stereocenters. The maximum Gasteiger partial charge on any atom is 0.235 e. The molecule has 0 amide bonds. The monoisotopic (exact) mass is 315 g/mol. The van der Waals surface area contributed by atoms with E-state index in [0.717, 1.165) is 24.1 Å². The van der Waals surface area contributed by atoms with Crippen LogP contribution in [-0.2, 0) is 0 Å². The van der Waals surface area contributed by atoms with Crippen LogP contribution in [0.4, 0.5) is 5.95 Å². The van der Waals surface area contributed by atoms with E-state index >= 15 is 0 Å². The number of nitrogens with one attached hydrogen (secondary N) is 1. The summed E-state index contributed by atoms with van der Waals surface area (Å²) in [5.41, 5.74) is 1.83. The number of allylic oxidation sites excluding steroid dienone is 3. The summed E-state index contributed by atoms with van der Waals surface area (Å²) in [6.45, 7) is 0. The summed E-state index contributed by atoms with van der Waals surface area (Å²) in [5, 5.41) is 0.431. The first-order valence-electron chi connectivity index (χ1n) is 6.71. The minimum absolute atomic E-state index is 0.431. The highest BCUT2D eigenvalue weighted by atomic mass is 35.5. The topological polar surface area (TPSA) is 37.8 Å². The van der Waals surface area contributed by atoms with Gasteiger partial charge in [0.1, 0.15) is 5.15 Å². The van der Waals surface area contributed by atoms with E-state index < -0.39 is 0 Å². The second-order valence-electron chi connectivity index (χ2n) is 4.56. The first-order valence-corrected chi connectivity index (χ1v) is 7.90.